The third kappa shape index (κ3) is 9.49. The normalized spacial score (nSPS) is 0. The molecule has 0 saturated heterocycles. The van der Waals surface area contributed by atoms with Crippen LogP contribution in [-0.2, 0) is 11.0 Å². The molecule has 0 aromatic heterocycles. The second-order valence-corrected chi connectivity index (χ2v) is 0. The molecule has 4 heavy (non-hydrogen) atoms. The van der Waals surface area contributed by atoms with Gasteiger partial charge in [-0.05, 0) is 0 Å². The van der Waals surface area contributed by atoms with Crippen molar-refractivity contribution in [3.8, 4) is 0 Å². The molecule has 0 aliphatic heterocycles. The SMILES string of the molecule is [Mg+2].[O-2].[O-2].[Pb+2]. The first-order valence-electron chi connectivity index (χ1n) is 0. The fraction of sp³-hybridized carbons (Fsp3) is 0. The molecule has 0 fully saturated rings. The monoisotopic (exact) mass is 264 g/mol. The Bertz CT molecular complexity index is 6.00. The summed E-state index contributed by atoms with van der Waals surface area (Å²) in [5.74, 6) is 0. The van der Waals surface area contributed by atoms with Crippen LogP contribution in [0, 0.1) is 0 Å². The van der Waals surface area contributed by atoms with Crippen molar-refractivity contribution in [1.82, 2.24) is 0 Å². The van der Waals surface area contributed by atoms with Crippen molar-refractivity contribution in [3.05, 3.63) is 0 Å². The summed E-state index contributed by atoms with van der Waals surface area (Å²) in [6.45, 7) is 0. The second kappa shape index (κ2) is 23.2. The summed E-state index contributed by atoms with van der Waals surface area (Å²) in [7, 11) is 0. The minimum atomic E-state index is 0. The Labute approximate surface area is 60.9 Å². The second-order valence-electron chi connectivity index (χ2n) is 0. The van der Waals surface area contributed by atoms with Gasteiger partial charge in [-0.3, -0.25) is 0 Å². The minimum Gasteiger partial charge on any atom is -2.00 e. The molecule has 0 rings (SSSR count). The molecular formula is MgO2Pb. The van der Waals surface area contributed by atoms with Gasteiger partial charge in [0, 0.05) is 0 Å². The van der Waals surface area contributed by atoms with E-state index in [1.54, 1.807) is 0 Å². The average molecular weight is 264 g/mol. The molecule has 0 unspecified atom stereocenters. The van der Waals surface area contributed by atoms with E-state index < -0.39 is 0 Å². The number of rotatable bonds is 0. The van der Waals surface area contributed by atoms with Gasteiger partial charge >= 0.3 is 50.4 Å². The Hall–Kier alpha value is 1.61. The third-order valence-corrected chi connectivity index (χ3v) is 0. The van der Waals surface area contributed by atoms with Crippen molar-refractivity contribution in [2.45, 2.75) is 0 Å². The zero-order chi connectivity index (χ0) is 0. The molecule has 18 valence electrons. The standard InChI is InChI=1S/Mg.2O.Pb/q+2;2*-2;+2. The summed E-state index contributed by atoms with van der Waals surface area (Å²) in [4.78, 5) is 0. The van der Waals surface area contributed by atoms with Crippen LogP contribution >= 0.6 is 0 Å². The Morgan fingerprint density at radius 3 is 0.750 bits per heavy atom. The van der Waals surface area contributed by atoms with Crippen molar-refractivity contribution in [2.75, 3.05) is 0 Å². The summed E-state index contributed by atoms with van der Waals surface area (Å²) in [5, 5.41) is 0. The first-order chi connectivity index (χ1) is 0. The molecule has 0 atom stereocenters. The zero-order valence-electron chi connectivity index (χ0n) is 2.02. The molecule has 0 N–H and O–H groups in total. The van der Waals surface area contributed by atoms with Gasteiger partial charge in [-0.1, -0.05) is 0 Å². The van der Waals surface area contributed by atoms with E-state index in [0.717, 1.165) is 0 Å². The van der Waals surface area contributed by atoms with Gasteiger partial charge < -0.3 is 11.0 Å². The molecule has 0 amide bonds. The van der Waals surface area contributed by atoms with Crippen LogP contribution in [0.15, 0.2) is 0 Å². The smallest absolute Gasteiger partial charge is 2.00 e. The summed E-state index contributed by atoms with van der Waals surface area (Å²) in [5.41, 5.74) is 0. The van der Waals surface area contributed by atoms with Gasteiger partial charge in [-0.15, -0.1) is 0 Å². The maximum atomic E-state index is 0. The van der Waals surface area contributed by atoms with Crippen LogP contribution in [0.5, 0.6) is 0 Å². The topological polar surface area (TPSA) is 57.0 Å². The molecule has 0 aliphatic carbocycles. The van der Waals surface area contributed by atoms with Crippen molar-refractivity contribution in [1.29, 1.82) is 0 Å². The number of hydrogen-bond donors (Lipinski definition) is 0. The van der Waals surface area contributed by atoms with E-state index in [9.17, 15) is 0 Å². The van der Waals surface area contributed by atoms with Crippen molar-refractivity contribution in [2.24, 2.45) is 0 Å². The van der Waals surface area contributed by atoms with Gasteiger partial charge in [-0.25, -0.2) is 0 Å². The Balaban J connectivity index is 0. The van der Waals surface area contributed by atoms with Gasteiger partial charge in [0.2, 0.25) is 0 Å². The predicted molar refractivity (Wildman–Crippen MR) is 12.9 cm³/mol. The van der Waals surface area contributed by atoms with Gasteiger partial charge in [0.15, 0.2) is 0 Å². The molecular weight excluding hydrogens is 264 g/mol. The molecule has 0 spiro atoms. The van der Waals surface area contributed by atoms with Crippen LogP contribution in [0.25, 0.3) is 0 Å². The van der Waals surface area contributed by atoms with E-state index in [4.69, 9.17) is 0 Å². The molecule has 0 saturated carbocycles. The maximum Gasteiger partial charge on any atom is 2.00 e. The van der Waals surface area contributed by atoms with Crippen molar-refractivity contribution >= 4 is 50.4 Å². The summed E-state index contributed by atoms with van der Waals surface area (Å²) >= 11 is 0. The predicted octanol–water partition coefficient (Wildman–Crippen LogP) is -0.999. The molecule has 4 heteroatoms. The van der Waals surface area contributed by atoms with E-state index in [0.29, 0.717) is 0 Å². The van der Waals surface area contributed by atoms with Crippen LogP contribution in [0.1, 0.15) is 0 Å². The Kier molecular flexibility index (Phi) is 267. The Morgan fingerprint density at radius 2 is 0.750 bits per heavy atom. The summed E-state index contributed by atoms with van der Waals surface area (Å²) in [6.07, 6.45) is 0. The van der Waals surface area contributed by atoms with E-state index in [2.05, 4.69) is 0 Å². The van der Waals surface area contributed by atoms with E-state index in [-0.39, 0.29) is 61.3 Å². The van der Waals surface area contributed by atoms with Crippen molar-refractivity contribution < 1.29 is 11.0 Å². The van der Waals surface area contributed by atoms with Crippen molar-refractivity contribution in [3.63, 3.8) is 0 Å². The van der Waals surface area contributed by atoms with Gasteiger partial charge in [0.05, 0.1) is 0 Å². The Morgan fingerprint density at radius 1 is 0.750 bits per heavy atom. The van der Waals surface area contributed by atoms with E-state index in [1.807, 2.05) is 0 Å². The fourth-order valence-corrected chi connectivity index (χ4v) is 0. The first-order valence-corrected chi connectivity index (χ1v) is 0. The molecule has 0 heterocycles. The van der Waals surface area contributed by atoms with Gasteiger partial charge in [0.1, 0.15) is 0 Å². The molecule has 0 bridgehead atoms. The van der Waals surface area contributed by atoms with Crippen LogP contribution in [0.2, 0.25) is 0 Å². The molecule has 2 radical (unpaired) electrons. The van der Waals surface area contributed by atoms with Gasteiger partial charge in [0.25, 0.3) is 0 Å². The van der Waals surface area contributed by atoms with Crippen LogP contribution in [0.4, 0.5) is 0 Å². The van der Waals surface area contributed by atoms with Crippen LogP contribution in [-0.4, -0.2) is 50.4 Å². The average Bonchev–Trinajstić information content (AvgIpc) is 0. The third-order valence-electron chi connectivity index (χ3n) is 0. The van der Waals surface area contributed by atoms with Gasteiger partial charge in [-0.2, -0.15) is 0 Å². The number of hydrogen-bond acceptors (Lipinski definition) is 0. The quantitative estimate of drug-likeness (QED) is 0.504. The molecule has 2 nitrogen and oxygen atoms in total. The van der Waals surface area contributed by atoms with E-state index >= 15 is 0 Å². The first kappa shape index (κ1) is 46.0. The summed E-state index contributed by atoms with van der Waals surface area (Å²) in [6, 6.07) is 0. The van der Waals surface area contributed by atoms with Crippen LogP contribution < -0.4 is 0 Å². The fourth-order valence-electron chi connectivity index (χ4n) is 0. The molecule has 0 aliphatic rings. The minimum absolute atomic E-state index is 0. The largest absolute Gasteiger partial charge is 2.00 e. The zero-order valence-corrected chi connectivity index (χ0v) is 7.33. The maximum absolute atomic E-state index is 0. The molecule has 0 aromatic carbocycles. The molecule has 0 aromatic rings. The summed E-state index contributed by atoms with van der Waals surface area (Å²) < 4.78 is 0. The van der Waals surface area contributed by atoms with Crippen LogP contribution in [0.3, 0.4) is 0 Å². The van der Waals surface area contributed by atoms with E-state index in [1.165, 1.54) is 0 Å².